The molecule has 19 heavy (non-hydrogen) atoms. The van der Waals surface area contributed by atoms with Crippen LogP contribution in [0.15, 0.2) is 6.20 Å². The van der Waals surface area contributed by atoms with Crippen molar-refractivity contribution in [3.05, 3.63) is 17.5 Å². The summed E-state index contributed by atoms with van der Waals surface area (Å²) in [6.45, 7) is 6.82. The number of aromatic nitrogens is 2. The molecule has 0 radical (unpaired) electrons. The maximum absolute atomic E-state index is 12.3. The van der Waals surface area contributed by atoms with Crippen molar-refractivity contribution in [3.8, 4) is 0 Å². The van der Waals surface area contributed by atoms with Crippen molar-refractivity contribution in [1.82, 2.24) is 20.0 Å². The predicted octanol–water partition coefficient (Wildman–Crippen LogP) is 0.151. The average molecular weight is 281 g/mol. The molecule has 0 aliphatic carbocycles. The van der Waals surface area contributed by atoms with E-state index in [1.807, 2.05) is 18.7 Å². The van der Waals surface area contributed by atoms with Gasteiger partial charge < -0.3 is 10.6 Å². The quantitative estimate of drug-likeness (QED) is 0.771. The van der Waals surface area contributed by atoms with Crippen molar-refractivity contribution in [2.24, 2.45) is 5.73 Å². The number of rotatable bonds is 3. The molecule has 2 heterocycles. The minimum Gasteiger partial charge on any atom is -0.392 e. The van der Waals surface area contributed by atoms with Crippen LogP contribution in [0.25, 0.3) is 0 Å². The van der Waals surface area contributed by atoms with Crippen LogP contribution in [0.3, 0.4) is 0 Å². The first kappa shape index (κ1) is 14.0. The number of nitrogens with one attached hydrogen (secondary N) is 1. The van der Waals surface area contributed by atoms with E-state index in [0.29, 0.717) is 23.6 Å². The van der Waals surface area contributed by atoms with Gasteiger partial charge in [0, 0.05) is 31.9 Å². The van der Waals surface area contributed by atoms with Crippen LogP contribution in [0.1, 0.15) is 23.0 Å². The van der Waals surface area contributed by atoms with Gasteiger partial charge >= 0.3 is 0 Å². The number of thiocarbonyl (C=S) groups is 1. The maximum Gasteiger partial charge on any atom is 0.257 e. The molecular weight excluding hydrogens is 262 g/mol. The van der Waals surface area contributed by atoms with E-state index in [1.54, 1.807) is 6.20 Å². The minimum atomic E-state index is 0.0360. The number of piperazine rings is 1. The van der Waals surface area contributed by atoms with Crippen molar-refractivity contribution >= 4 is 23.1 Å². The normalized spacial score (nSPS) is 18.3. The Bertz CT molecular complexity index is 478. The number of aryl methyl sites for hydroxylation is 1. The molecule has 1 fully saturated rings. The summed E-state index contributed by atoms with van der Waals surface area (Å²) in [5, 5.41) is 6.68. The number of nitrogens with two attached hydrogens (primary N) is 1. The van der Waals surface area contributed by atoms with Crippen LogP contribution in [-0.2, 0) is 0 Å². The van der Waals surface area contributed by atoms with Crippen molar-refractivity contribution in [2.75, 3.05) is 26.2 Å². The van der Waals surface area contributed by atoms with Gasteiger partial charge in [0.05, 0.1) is 22.8 Å². The van der Waals surface area contributed by atoms with Crippen LogP contribution in [0.2, 0.25) is 0 Å². The standard InChI is InChI=1S/C12H19N5OS/c1-8-10(7-14-15-8)12(18)17-5-3-16(4-6-17)9(2)11(13)19/h7,9H,3-6H2,1-2H3,(H2,13,19)(H,14,15). The molecular formula is C12H19N5OS. The summed E-state index contributed by atoms with van der Waals surface area (Å²) in [6, 6.07) is 0.0860. The molecule has 0 bridgehead atoms. The van der Waals surface area contributed by atoms with Crippen LogP contribution >= 0.6 is 12.2 Å². The van der Waals surface area contributed by atoms with Crippen molar-refractivity contribution in [3.63, 3.8) is 0 Å². The van der Waals surface area contributed by atoms with E-state index in [-0.39, 0.29) is 11.9 Å². The molecule has 0 aromatic carbocycles. The van der Waals surface area contributed by atoms with Crippen LogP contribution in [0, 0.1) is 6.92 Å². The Balaban J connectivity index is 1.95. The minimum absolute atomic E-state index is 0.0360. The third-order valence-electron chi connectivity index (χ3n) is 3.62. The lowest BCUT2D eigenvalue weighted by Gasteiger charge is -2.37. The lowest BCUT2D eigenvalue weighted by molar-refractivity contribution is 0.0621. The van der Waals surface area contributed by atoms with Crippen LogP contribution in [0.4, 0.5) is 0 Å². The highest BCUT2D eigenvalue weighted by molar-refractivity contribution is 7.80. The topological polar surface area (TPSA) is 78.2 Å². The third-order valence-corrected chi connectivity index (χ3v) is 3.96. The number of aromatic amines is 1. The average Bonchev–Trinajstić information content (AvgIpc) is 2.83. The highest BCUT2D eigenvalue weighted by atomic mass is 32.1. The van der Waals surface area contributed by atoms with E-state index < -0.39 is 0 Å². The van der Waals surface area contributed by atoms with Crippen molar-refractivity contribution in [1.29, 1.82) is 0 Å². The van der Waals surface area contributed by atoms with Gasteiger partial charge in [-0.2, -0.15) is 5.10 Å². The van der Waals surface area contributed by atoms with Crippen LogP contribution < -0.4 is 5.73 Å². The molecule has 1 aliphatic heterocycles. The van der Waals surface area contributed by atoms with E-state index >= 15 is 0 Å². The Morgan fingerprint density at radius 3 is 2.58 bits per heavy atom. The Kier molecular flexibility index (Phi) is 4.16. The monoisotopic (exact) mass is 281 g/mol. The SMILES string of the molecule is Cc1[nH]ncc1C(=O)N1CCN(C(C)C(N)=S)CC1. The maximum atomic E-state index is 12.3. The first-order valence-corrected chi connectivity index (χ1v) is 6.74. The van der Waals surface area contributed by atoms with E-state index in [9.17, 15) is 4.79 Å². The first-order valence-electron chi connectivity index (χ1n) is 6.33. The zero-order valence-corrected chi connectivity index (χ0v) is 12.0. The third kappa shape index (κ3) is 2.93. The zero-order chi connectivity index (χ0) is 14.0. The van der Waals surface area contributed by atoms with Gasteiger partial charge in [-0.05, 0) is 13.8 Å². The second-order valence-corrected chi connectivity index (χ2v) is 5.29. The number of hydrogen-bond acceptors (Lipinski definition) is 4. The summed E-state index contributed by atoms with van der Waals surface area (Å²) in [4.78, 5) is 16.8. The molecule has 1 amide bonds. The fraction of sp³-hybridized carbons (Fsp3) is 0.583. The predicted molar refractivity (Wildman–Crippen MR) is 77.0 cm³/mol. The Hall–Kier alpha value is -1.47. The van der Waals surface area contributed by atoms with Crippen molar-refractivity contribution in [2.45, 2.75) is 19.9 Å². The fourth-order valence-electron chi connectivity index (χ4n) is 2.23. The number of amides is 1. The number of carbonyl (C=O) groups is 1. The Labute approximate surface area is 117 Å². The summed E-state index contributed by atoms with van der Waals surface area (Å²) in [7, 11) is 0. The second-order valence-electron chi connectivity index (χ2n) is 4.82. The van der Waals surface area contributed by atoms with E-state index in [2.05, 4.69) is 15.1 Å². The summed E-state index contributed by atoms with van der Waals surface area (Å²) >= 11 is 5.01. The van der Waals surface area contributed by atoms with E-state index in [4.69, 9.17) is 18.0 Å². The van der Waals surface area contributed by atoms with Gasteiger partial charge in [0.15, 0.2) is 0 Å². The van der Waals surface area contributed by atoms with Crippen molar-refractivity contribution < 1.29 is 4.79 Å². The molecule has 0 spiro atoms. The number of H-pyrrole nitrogens is 1. The summed E-state index contributed by atoms with van der Waals surface area (Å²) in [6.07, 6.45) is 1.58. The molecule has 1 atom stereocenters. The molecule has 0 saturated carbocycles. The summed E-state index contributed by atoms with van der Waals surface area (Å²) in [5.41, 5.74) is 7.11. The molecule has 1 unspecified atom stereocenters. The van der Waals surface area contributed by atoms with Gasteiger partial charge in [0.2, 0.25) is 0 Å². The number of hydrogen-bond donors (Lipinski definition) is 2. The largest absolute Gasteiger partial charge is 0.392 e. The molecule has 1 saturated heterocycles. The molecule has 104 valence electrons. The molecule has 1 aliphatic rings. The highest BCUT2D eigenvalue weighted by Gasteiger charge is 2.26. The molecule has 3 N–H and O–H groups in total. The molecule has 2 rings (SSSR count). The fourth-order valence-corrected chi connectivity index (χ4v) is 2.38. The highest BCUT2D eigenvalue weighted by Crippen LogP contribution is 2.12. The molecule has 1 aromatic heterocycles. The Morgan fingerprint density at radius 1 is 1.47 bits per heavy atom. The molecule has 1 aromatic rings. The van der Waals surface area contributed by atoms with Crippen LogP contribution in [-0.4, -0.2) is 63.1 Å². The first-order chi connectivity index (χ1) is 9.00. The van der Waals surface area contributed by atoms with Gasteiger partial charge in [0.1, 0.15) is 0 Å². The zero-order valence-electron chi connectivity index (χ0n) is 11.2. The van der Waals surface area contributed by atoms with Gasteiger partial charge in [0.25, 0.3) is 5.91 Å². The molecule has 7 heteroatoms. The number of nitrogens with zero attached hydrogens (tertiary/aromatic N) is 3. The second kappa shape index (κ2) is 5.66. The summed E-state index contributed by atoms with van der Waals surface area (Å²) in [5.74, 6) is 0.0360. The van der Waals surface area contributed by atoms with E-state index in [1.165, 1.54) is 0 Å². The Morgan fingerprint density at radius 2 is 2.11 bits per heavy atom. The lowest BCUT2D eigenvalue weighted by Crippen LogP contribution is -2.54. The summed E-state index contributed by atoms with van der Waals surface area (Å²) < 4.78 is 0. The lowest BCUT2D eigenvalue weighted by atomic mass is 10.2. The smallest absolute Gasteiger partial charge is 0.257 e. The van der Waals surface area contributed by atoms with Crippen LogP contribution in [0.5, 0.6) is 0 Å². The number of carbonyl (C=O) groups excluding carboxylic acids is 1. The molecule has 6 nitrogen and oxygen atoms in total. The van der Waals surface area contributed by atoms with Gasteiger partial charge in [-0.15, -0.1) is 0 Å². The van der Waals surface area contributed by atoms with Gasteiger partial charge in [-0.25, -0.2) is 0 Å². The van der Waals surface area contributed by atoms with Gasteiger partial charge in [-0.1, -0.05) is 12.2 Å². The van der Waals surface area contributed by atoms with Gasteiger partial charge in [-0.3, -0.25) is 14.8 Å². The van der Waals surface area contributed by atoms with E-state index in [0.717, 1.165) is 18.8 Å².